The van der Waals surface area contributed by atoms with Crippen molar-refractivity contribution < 1.29 is 23.4 Å². The molecule has 7 heteroatoms. The highest BCUT2D eigenvalue weighted by Crippen LogP contribution is 2.42. The van der Waals surface area contributed by atoms with Gasteiger partial charge in [-0.2, -0.15) is 0 Å². The van der Waals surface area contributed by atoms with Crippen molar-refractivity contribution in [3.05, 3.63) is 63.5 Å². The number of rotatable bonds is 4. The van der Waals surface area contributed by atoms with E-state index in [1.807, 2.05) is 0 Å². The van der Waals surface area contributed by atoms with E-state index >= 15 is 0 Å². The van der Waals surface area contributed by atoms with E-state index in [4.69, 9.17) is 18.6 Å². The lowest BCUT2D eigenvalue weighted by Crippen LogP contribution is -2.22. The summed E-state index contributed by atoms with van der Waals surface area (Å²) in [5.41, 5.74) is 1.03. The average Bonchev–Trinajstić information content (AvgIpc) is 3.03. The smallest absolute Gasteiger partial charge is 0.288 e. The zero-order valence-electron chi connectivity index (χ0n) is 15.0. The van der Waals surface area contributed by atoms with E-state index in [-0.39, 0.29) is 16.8 Å². The van der Waals surface area contributed by atoms with Gasteiger partial charge in [-0.3, -0.25) is 9.59 Å². The van der Waals surface area contributed by atoms with E-state index in [2.05, 4.69) is 5.32 Å². The Morgan fingerprint density at radius 2 is 1.63 bits per heavy atom. The summed E-state index contributed by atoms with van der Waals surface area (Å²) in [6.07, 6.45) is 0. The van der Waals surface area contributed by atoms with E-state index in [0.29, 0.717) is 33.8 Å². The van der Waals surface area contributed by atoms with E-state index in [1.54, 1.807) is 36.4 Å². The van der Waals surface area contributed by atoms with Gasteiger partial charge in [0.25, 0.3) is 5.91 Å². The molecule has 7 nitrogen and oxygen atoms in total. The van der Waals surface area contributed by atoms with Gasteiger partial charge in [0.15, 0.2) is 16.9 Å². The van der Waals surface area contributed by atoms with Crippen LogP contribution in [0, 0.1) is 0 Å². The molecule has 0 saturated heterocycles. The number of nitrogens with one attached hydrogen (secondary N) is 1. The molecule has 0 bridgehead atoms. The summed E-state index contributed by atoms with van der Waals surface area (Å²) in [5.74, 6) is 0.877. The molecule has 1 aromatic heterocycles. The second-order valence-corrected chi connectivity index (χ2v) is 6.04. The molecule has 2 aromatic carbocycles. The lowest BCUT2D eigenvalue weighted by atomic mass is 9.98. The Labute approximate surface area is 154 Å². The van der Waals surface area contributed by atoms with Crippen LogP contribution in [-0.2, 0) is 0 Å². The Bertz CT molecular complexity index is 1090. The molecule has 1 aliphatic rings. The van der Waals surface area contributed by atoms with Crippen molar-refractivity contribution in [1.82, 2.24) is 5.32 Å². The van der Waals surface area contributed by atoms with Crippen molar-refractivity contribution in [3.63, 3.8) is 0 Å². The number of carbonyl (C=O) groups is 1. The molecule has 4 rings (SSSR count). The zero-order chi connectivity index (χ0) is 19.1. The van der Waals surface area contributed by atoms with Crippen LogP contribution < -0.4 is 25.0 Å². The fraction of sp³-hybridized carbons (Fsp3) is 0.200. The molecule has 0 spiro atoms. The second-order valence-electron chi connectivity index (χ2n) is 6.04. The standard InChI is InChI=1S/C20H17NO6/c1-24-13-8-10(9-14(25-2)18(13)26-3)16-15-17(22)11-6-4-5-7-12(11)27-19(15)20(23)21-16/h4-9,16H,1-3H3,(H,21,23)/t16-/m1/s1. The SMILES string of the molecule is COc1cc([C@H]2NC(=O)c3oc4ccccc4c(=O)c32)cc(OC)c1OC. The number of ether oxygens (including phenoxy) is 3. The summed E-state index contributed by atoms with van der Waals surface area (Å²) in [6, 6.07) is 9.58. The monoisotopic (exact) mass is 367 g/mol. The van der Waals surface area contributed by atoms with E-state index in [0.717, 1.165) is 0 Å². The van der Waals surface area contributed by atoms with Crippen LogP contribution in [0.1, 0.15) is 27.7 Å². The minimum Gasteiger partial charge on any atom is -0.493 e. The Hall–Kier alpha value is -3.48. The molecule has 1 atom stereocenters. The van der Waals surface area contributed by atoms with Crippen LogP contribution in [0.15, 0.2) is 45.6 Å². The predicted molar refractivity (Wildman–Crippen MR) is 97.9 cm³/mol. The summed E-state index contributed by atoms with van der Waals surface area (Å²) in [6.45, 7) is 0. The highest BCUT2D eigenvalue weighted by atomic mass is 16.5. The van der Waals surface area contributed by atoms with Gasteiger partial charge >= 0.3 is 0 Å². The Balaban J connectivity index is 1.95. The summed E-state index contributed by atoms with van der Waals surface area (Å²) in [5, 5.41) is 3.23. The second kappa shape index (κ2) is 6.35. The van der Waals surface area contributed by atoms with Crippen LogP contribution in [0.4, 0.5) is 0 Å². The number of para-hydroxylation sites is 1. The third-order valence-electron chi connectivity index (χ3n) is 4.62. The van der Waals surface area contributed by atoms with Crippen LogP contribution in [0.2, 0.25) is 0 Å². The number of amides is 1. The molecule has 138 valence electrons. The van der Waals surface area contributed by atoms with Gasteiger partial charge in [-0.25, -0.2) is 0 Å². The minimum absolute atomic E-state index is 0.0254. The van der Waals surface area contributed by atoms with Crippen LogP contribution in [0.3, 0.4) is 0 Å². The van der Waals surface area contributed by atoms with Crippen LogP contribution in [0.5, 0.6) is 17.2 Å². The minimum atomic E-state index is -0.679. The largest absolute Gasteiger partial charge is 0.493 e. The Morgan fingerprint density at radius 3 is 2.26 bits per heavy atom. The molecular formula is C20H17NO6. The number of hydrogen-bond acceptors (Lipinski definition) is 6. The molecule has 2 heterocycles. The van der Waals surface area contributed by atoms with Gasteiger partial charge in [-0.05, 0) is 29.8 Å². The van der Waals surface area contributed by atoms with Gasteiger partial charge in [0.1, 0.15) is 5.58 Å². The number of carbonyl (C=O) groups excluding carboxylic acids is 1. The summed E-state index contributed by atoms with van der Waals surface area (Å²) >= 11 is 0. The molecule has 0 fully saturated rings. The molecule has 0 aliphatic carbocycles. The summed E-state index contributed by atoms with van der Waals surface area (Å²) in [7, 11) is 4.52. The number of hydrogen-bond donors (Lipinski definition) is 1. The molecule has 1 amide bonds. The lowest BCUT2D eigenvalue weighted by Gasteiger charge is -2.17. The highest BCUT2D eigenvalue weighted by molar-refractivity contribution is 5.99. The number of fused-ring (bicyclic) bond motifs is 2. The van der Waals surface area contributed by atoms with Gasteiger partial charge in [0, 0.05) is 0 Å². The molecule has 0 saturated carbocycles. The summed E-state index contributed by atoms with van der Waals surface area (Å²) < 4.78 is 21.8. The maximum Gasteiger partial charge on any atom is 0.288 e. The number of methoxy groups -OCH3 is 3. The fourth-order valence-corrected chi connectivity index (χ4v) is 3.37. The van der Waals surface area contributed by atoms with Gasteiger partial charge in [-0.15, -0.1) is 0 Å². The van der Waals surface area contributed by atoms with Gasteiger partial charge in [-0.1, -0.05) is 12.1 Å². The molecular weight excluding hydrogens is 350 g/mol. The molecule has 27 heavy (non-hydrogen) atoms. The highest BCUT2D eigenvalue weighted by Gasteiger charge is 2.36. The predicted octanol–water partition coefficient (Wildman–Crippen LogP) is 2.65. The fourth-order valence-electron chi connectivity index (χ4n) is 3.37. The first-order chi connectivity index (χ1) is 13.1. The van der Waals surface area contributed by atoms with Crippen molar-refractivity contribution >= 4 is 16.9 Å². The normalized spacial score (nSPS) is 15.4. The quantitative estimate of drug-likeness (QED) is 0.763. The van der Waals surface area contributed by atoms with Crippen molar-refractivity contribution in [2.75, 3.05) is 21.3 Å². The third kappa shape index (κ3) is 2.51. The van der Waals surface area contributed by atoms with Crippen molar-refractivity contribution in [1.29, 1.82) is 0 Å². The van der Waals surface area contributed by atoms with Crippen LogP contribution in [0.25, 0.3) is 11.0 Å². The first kappa shape index (κ1) is 17.0. The lowest BCUT2D eigenvalue weighted by molar-refractivity contribution is 0.0937. The molecule has 0 radical (unpaired) electrons. The van der Waals surface area contributed by atoms with Crippen LogP contribution >= 0.6 is 0 Å². The summed E-state index contributed by atoms with van der Waals surface area (Å²) in [4.78, 5) is 25.5. The average molecular weight is 367 g/mol. The molecule has 3 aromatic rings. The van der Waals surface area contributed by atoms with E-state index in [9.17, 15) is 9.59 Å². The maximum absolute atomic E-state index is 13.0. The van der Waals surface area contributed by atoms with E-state index in [1.165, 1.54) is 21.3 Å². The first-order valence-corrected chi connectivity index (χ1v) is 8.25. The first-order valence-electron chi connectivity index (χ1n) is 8.25. The maximum atomic E-state index is 13.0. The van der Waals surface area contributed by atoms with E-state index < -0.39 is 11.9 Å². The zero-order valence-corrected chi connectivity index (χ0v) is 15.0. The Kier molecular flexibility index (Phi) is 3.99. The topological polar surface area (TPSA) is 87.0 Å². The molecule has 1 N–H and O–H groups in total. The van der Waals surface area contributed by atoms with Crippen molar-refractivity contribution in [3.8, 4) is 17.2 Å². The van der Waals surface area contributed by atoms with Gasteiger partial charge in [0.05, 0.1) is 38.3 Å². The Morgan fingerprint density at radius 1 is 0.963 bits per heavy atom. The third-order valence-corrected chi connectivity index (χ3v) is 4.62. The van der Waals surface area contributed by atoms with Crippen LogP contribution in [-0.4, -0.2) is 27.2 Å². The number of benzene rings is 2. The van der Waals surface area contributed by atoms with Crippen molar-refractivity contribution in [2.24, 2.45) is 0 Å². The van der Waals surface area contributed by atoms with Gasteiger partial charge < -0.3 is 23.9 Å². The van der Waals surface area contributed by atoms with Gasteiger partial charge in [0.2, 0.25) is 11.5 Å². The molecule has 0 unspecified atom stereocenters. The van der Waals surface area contributed by atoms with Crippen molar-refractivity contribution in [2.45, 2.75) is 6.04 Å². The molecule has 1 aliphatic heterocycles.